The average Bonchev–Trinajstić information content (AvgIpc) is 2.90. The van der Waals surface area contributed by atoms with Crippen LogP contribution in [0, 0.1) is 5.92 Å². The van der Waals surface area contributed by atoms with Gasteiger partial charge >= 0.3 is 5.97 Å². The average molecular weight is 350 g/mol. The number of rotatable bonds is 3. The van der Waals surface area contributed by atoms with Gasteiger partial charge in [0.05, 0.1) is 18.3 Å². The molecule has 1 fully saturated rings. The molecule has 1 aromatic rings. The predicted molar refractivity (Wildman–Crippen MR) is 90.8 cm³/mol. The third-order valence-corrected chi connectivity index (χ3v) is 5.68. The molecule has 1 aliphatic carbocycles. The quantitative estimate of drug-likeness (QED) is 0.723. The van der Waals surface area contributed by atoms with Gasteiger partial charge in [0, 0.05) is 17.9 Å². The van der Waals surface area contributed by atoms with Crippen LogP contribution in [0.15, 0.2) is 12.1 Å². The van der Waals surface area contributed by atoms with Crippen LogP contribution in [-0.4, -0.2) is 45.2 Å². The van der Waals surface area contributed by atoms with E-state index in [0.717, 1.165) is 0 Å². The summed E-state index contributed by atoms with van der Waals surface area (Å²) in [6.45, 7) is 5.57. The highest BCUT2D eigenvalue weighted by Gasteiger charge is 2.49. The molecule has 1 unspecified atom stereocenters. The summed E-state index contributed by atoms with van der Waals surface area (Å²) < 4.78 is 11.3. The minimum Gasteiger partial charge on any atom is -0.508 e. The van der Waals surface area contributed by atoms with E-state index in [2.05, 4.69) is 0 Å². The third kappa shape index (κ3) is 3.09. The molecular weight excluding hydrogens is 324 g/mol. The molecule has 1 aromatic carbocycles. The number of carbonyl (C=O) groups is 1. The first-order valence-electron chi connectivity index (χ1n) is 8.79. The highest BCUT2D eigenvalue weighted by Crippen LogP contribution is 2.49. The first-order valence-corrected chi connectivity index (χ1v) is 8.79. The number of hydrogen-bond donors (Lipinski definition) is 3. The van der Waals surface area contributed by atoms with Crippen molar-refractivity contribution in [2.75, 3.05) is 6.61 Å². The lowest BCUT2D eigenvalue weighted by molar-refractivity contribution is -0.121. The van der Waals surface area contributed by atoms with Crippen molar-refractivity contribution in [2.24, 2.45) is 5.92 Å². The van der Waals surface area contributed by atoms with Gasteiger partial charge in [0.1, 0.15) is 22.7 Å². The van der Waals surface area contributed by atoms with Crippen LogP contribution >= 0.6 is 0 Å². The Bertz CT molecular complexity index is 683. The molecular formula is C19H26O6. The van der Waals surface area contributed by atoms with Crippen LogP contribution in [0.5, 0.6) is 11.5 Å². The Morgan fingerprint density at radius 1 is 1.40 bits per heavy atom. The summed E-state index contributed by atoms with van der Waals surface area (Å²) >= 11 is 0. The zero-order valence-corrected chi connectivity index (χ0v) is 14.9. The topological polar surface area (TPSA) is 96.2 Å². The molecule has 6 heteroatoms. The fourth-order valence-corrected chi connectivity index (χ4v) is 3.95. The summed E-state index contributed by atoms with van der Waals surface area (Å²) in [6.07, 6.45) is 1.21. The van der Waals surface area contributed by atoms with Gasteiger partial charge in [-0.05, 0) is 52.2 Å². The van der Waals surface area contributed by atoms with Gasteiger partial charge in [-0.3, -0.25) is 0 Å². The van der Waals surface area contributed by atoms with Crippen LogP contribution in [0.3, 0.4) is 0 Å². The van der Waals surface area contributed by atoms with E-state index >= 15 is 0 Å². The molecule has 3 rings (SSSR count). The number of aromatic hydroxyl groups is 1. The maximum atomic E-state index is 12.2. The van der Waals surface area contributed by atoms with Gasteiger partial charge in [-0.2, -0.15) is 0 Å². The molecule has 4 atom stereocenters. The number of aliphatic hydroxyl groups is 2. The summed E-state index contributed by atoms with van der Waals surface area (Å²) in [5.41, 5.74) is -0.835. The fourth-order valence-electron chi connectivity index (χ4n) is 3.95. The second-order valence-electron chi connectivity index (χ2n) is 7.60. The number of aliphatic hydroxyl groups excluding tert-OH is 1. The van der Waals surface area contributed by atoms with Crippen LogP contribution in [-0.2, 0) is 11.2 Å². The van der Waals surface area contributed by atoms with Gasteiger partial charge < -0.3 is 24.8 Å². The highest BCUT2D eigenvalue weighted by atomic mass is 16.5. The Morgan fingerprint density at radius 2 is 2.12 bits per heavy atom. The van der Waals surface area contributed by atoms with Crippen molar-refractivity contribution in [1.82, 2.24) is 0 Å². The Labute approximate surface area is 147 Å². The van der Waals surface area contributed by atoms with Gasteiger partial charge in [0.25, 0.3) is 0 Å². The number of ether oxygens (including phenoxy) is 2. The van der Waals surface area contributed by atoms with Crippen molar-refractivity contribution in [2.45, 2.75) is 63.8 Å². The second kappa shape index (κ2) is 6.18. The number of fused-ring (bicyclic) bond motifs is 1. The SMILES string of the molecule is CCOC(=O)c1ccc(O)c2c1OC(C)([C@@H]1CC[C@](C)(O)[C@H](O)C1)C2. The van der Waals surface area contributed by atoms with Crippen LogP contribution in [0.1, 0.15) is 56.0 Å². The number of hydrogen-bond acceptors (Lipinski definition) is 6. The zero-order chi connectivity index (χ0) is 18.4. The number of phenols is 1. The molecule has 0 bridgehead atoms. The van der Waals surface area contributed by atoms with E-state index in [0.29, 0.717) is 42.6 Å². The second-order valence-corrected chi connectivity index (χ2v) is 7.60. The van der Waals surface area contributed by atoms with Crippen LogP contribution < -0.4 is 4.74 Å². The molecule has 1 aliphatic heterocycles. The van der Waals surface area contributed by atoms with Gasteiger partial charge in [-0.15, -0.1) is 0 Å². The Balaban J connectivity index is 1.88. The Morgan fingerprint density at radius 3 is 2.76 bits per heavy atom. The maximum Gasteiger partial charge on any atom is 0.341 e. The number of carbonyl (C=O) groups excluding carboxylic acids is 1. The molecule has 25 heavy (non-hydrogen) atoms. The van der Waals surface area contributed by atoms with E-state index in [4.69, 9.17) is 9.47 Å². The molecule has 0 radical (unpaired) electrons. The molecule has 6 nitrogen and oxygen atoms in total. The molecule has 138 valence electrons. The third-order valence-electron chi connectivity index (χ3n) is 5.68. The Hall–Kier alpha value is -1.79. The van der Waals surface area contributed by atoms with Crippen molar-refractivity contribution in [3.05, 3.63) is 23.3 Å². The maximum absolute atomic E-state index is 12.2. The lowest BCUT2D eigenvalue weighted by atomic mass is 9.70. The van der Waals surface area contributed by atoms with E-state index < -0.39 is 23.3 Å². The summed E-state index contributed by atoms with van der Waals surface area (Å²) in [4.78, 5) is 12.2. The first-order chi connectivity index (χ1) is 11.7. The number of esters is 1. The van der Waals surface area contributed by atoms with E-state index in [1.165, 1.54) is 12.1 Å². The highest BCUT2D eigenvalue weighted by molar-refractivity contribution is 5.93. The molecule has 0 aromatic heterocycles. The van der Waals surface area contributed by atoms with Crippen molar-refractivity contribution >= 4 is 5.97 Å². The predicted octanol–water partition coefficient (Wildman–Crippen LogP) is 2.17. The Kier molecular flexibility index (Phi) is 4.45. The van der Waals surface area contributed by atoms with E-state index in [9.17, 15) is 20.1 Å². The zero-order valence-electron chi connectivity index (χ0n) is 14.9. The molecule has 1 heterocycles. The minimum absolute atomic E-state index is 0.00423. The van der Waals surface area contributed by atoms with Crippen LogP contribution in [0.25, 0.3) is 0 Å². The normalized spacial score (nSPS) is 34.3. The van der Waals surface area contributed by atoms with Crippen LogP contribution in [0.2, 0.25) is 0 Å². The van der Waals surface area contributed by atoms with Gasteiger partial charge in [0.15, 0.2) is 0 Å². The van der Waals surface area contributed by atoms with Crippen molar-refractivity contribution in [1.29, 1.82) is 0 Å². The summed E-state index contributed by atoms with van der Waals surface area (Å²) in [5, 5.41) is 30.6. The van der Waals surface area contributed by atoms with Crippen molar-refractivity contribution < 1.29 is 29.6 Å². The minimum atomic E-state index is -1.09. The fraction of sp³-hybridized carbons (Fsp3) is 0.632. The molecule has 3 N–H and O–H groups in total. The van der Waals surface area contributed by atoms with E-state index in [1.54, 1.807) is 13.8 Å². The number of benzene rings is 1. The summed E-state index contributed by atoms with van der Waals surface area (Å²) in [6, 6.07) is 3.00. The molecule has 0 spiro atoms. The van der Waals surface area contributed by atoms with Gasteiger partial charge in [0.2, 0.25) is 0 Å². The standard InChI is InChI=1S/C19H26O6/c1-4-24-17(22)12-5-6-14(20)13-10-19(3,25-16(12)13)11-7-8-18(2,23)15(21)9-11/h5-6,11,15,20-21,23H,4,7-10H2,1-3H3/t11-,15-,18+,19?/m1/s1. The lowest BCUT2D eigenvalue weighted by Crippen LogP contribution is -2.51. The largest absolute Gasteiger partial charge is 0.508 e. The molecule has 1 saturated carbocycles. The molecule has 0 saturated heterocycles. The monoisotopic (exact) mass is 350 g/mol. The number of phenolic OH excluding ortho intramolecular Hbond substituents is 1. The summed E-state index contributed by atoms with van der Waals surface area (Å²) in [5.74, 6) is -0.0120. The smallest absolute Gasteiger partial charge is 0.341 e. The van der Waals surface area contributed by atoms with Crippen molar-refractivity contribution in [3.63, 3.8) is 0 Å². The molecule has 2 aliphatic rings. The first kappa shape index (κ1) is 18.0. The van der Waals surface area contributed by atoms with E-state index in [-0.39, 0.29) is 18.3 Å². The van der Waals surface area contributed by atoms with Crippen molar-refractivity contribution in [3.8, 4) is 11.5 Å². The summed E-state index contributed by atoms with van der Waals surface area (Å²) in [7, 11) is 0. The lowest BCUT2D eigenvalue weighted by Gasteiger charge is -2.43. The van der Waals surface area contributed by atoms with Crippen LogP contribution in [0.4, 0.5) is 0 Å². The van der Waals surface area contributed by atoms with Gasteiger partial charge in [-0.1, -0.05) is 0 Å². The molecule has 0 amide bonds. The van der Waals surface area contributed by atoms with E-state index in [1.807, 2.05) is 6.92 Å². The van der Waals surface area contributed by atoms with Gasteiger partial charge in [-0.25, -0.2) is 4.79 Å².